The number of hydrogen-bond acceptors (Lipinski definition) is 5. The number of rotatable bonds is 9. The second-order valence-electron chi connectivity index (χ2n) is 4.44. The van der Waals surface area contributed by atoms with Crippen LogP contribution in [0, 0.1) is 0 Å². The Hall–Kier alpha value is -1.14. The highest BCUT2D eigenvalue weighted by molar-refractivity contribution is 5.78. The second-order valence-corrected chi connectivity index (χ2v) is 4.44. The van der Waals surface area contributed by atoms with Crippen LogP contribution in [0.2, 0.25) is 0 Å². The summed E-state index contributed by atoms with van der Waals surface area (Å²) in [5, 5.41) is 5.87. The molecule has 6 nitrogen and oxygen atoms in total. The highest BCUT2D eigenvalue weighted by Crippen LogP contribution is 1.90. The molecular weight excluding hydrogens is 234 g/mol. The summed E-state index contributed by atoms with van der Waals surface area (Å²) in [7, 11) is 1.86. The third-order valence-corrected chi connectivity index (χ3v) is 2.21. The minimum Gasteiger partial charge on any atom is -0.465 e. The quantitative estimate of drug-likeness (QED) is 0.551. The summed E-state index contributed by atoms with van der Waals surface area (Å²) in [6.45, 7) is 7.95. The Morgan fingerprint density at radius 3 is 2.44 bits per heavy atom. The topological polar surface area (TPSA) is 70.7 Å². The molecule has 106 valence electrons. The van der Waals surface area contributed by atoms with Gasteiger partial charge in [0.25, 0.3) is 0 Å². The predicted octanol–water partition coefficient (Wildman–Crippen LogP) is -0.404. The van der Waals surface area contributed by atoms with Crippen molar-refractivity contribution in [2.75, 3.05) is 39.8 Å². The summed E-state index contributed by atoms with van der Waals surface area (Å²) in [4.78, 5) is 24.3. The fourth-order valence-corrected chi connectivity index (χ4v) is 1.43. The highest BCUT2D eigenvalue weighted by Gasteiger charge is 2.11. The van der Waals surface area contributed by atoms with Gasteiger partial charge in [-0.25, -0.2) is 0 Å². The lowest BCUT2D eigenvalue weighted by molar-refractivity contribution is -0.141. The minimum absolute atomic E-state index is 0.0103. The van der Waals surface area contributed by atoms with Crippen molar-refractivity contribution in [1.29, 1.82) is 0 Å². The molecule has 0 aliphatic carbocycles. The lowest BCUT2D eigenvalue weighted by Crippen LogP contribution is -2.43. The van der Waals surface area contributed by atoms with Crippen LogP contribution in [0.1, 0.15) is 20.8 Å². The first-order valence-corrected chi connectivity index (χ1v) is 6.25. The monoisotopic (exact) mass is 259 g/mol. The van der Waals surface area contributed by atoms with Crippen molar-refractivity contribution in [2.45, 2.75) is 26.8 Å². The van der Waals surface area contributed by atoms with Gasteiger partial charge in [0, 0.05) is 32.6 Å². The number of hydrogen-bond donors (Lipinski definition) is 2. The fraction of sp³-hybridized carbons (Fsp3) is 0.833. The normalized spacial score (nSPS) is 10.8. The SMILES string of the molecule is CNCCN(CCOC(C)=O)CC(=O)NC(C)C. The fourth-order valence-electron chi connectivity index (χ4n) is 1.43. The Kier molecular flexibility index (Phi) is 9.22. The molecule has 0 atom stereocenters. The number of carbonyl (C=O) groups excluding carboxylic acids is 2. The zero-order chi connectivity index (χ0) is 14.0. The van der Waals surface area contributed by atoms with Gasteiger partial charge in [0.15, 0.2) is 0 Å². The van der Waals surface area contributed by atoms with E-state index in [9.17, 15) is 9.59 Å². The maximum absolute atomic E-state index is 11.6. The average molecular weight is 259 g/mol. The summed E-state index contributed by atoms with van der Waals surface area (Å²) >= 11 is 0. The molecule has 2 N–H and O–H groups in total. The van der Waals surface area contributed by atoms with Gasteiger partial charge < -0.3 is 15.4 Å². The molecule has 0 saturated heterocycles. The standard InChI is InChI=1S/C12H25N3O3/c1-10(2)14-12(17)9-15(6-5-13-4)7-8-18-11(3)16/h10,13H,5-9H2,1-4H3,(H,14,17). The first kappa shape index (κ1) is 16.9. The zero-order valence-electron chi connectivity index (χ0n) is 11.8. The second kappa shape index (κ2) is 9.85. The largest absolute Gasteiger partial charge is 0.465 e. The number of nitrogens with one attached hydrogen (secondary N) is 2. The summed E-state index contributed by atoms with van der Waals surface area (Å²) in [6.07, 6.45) is 0. The van der Waals surface area contributed by atoms with Gasteiger partial charge in [-0.15, -0.1) is 0 Å². The molecule has 6 heteroatoms. The van der Waals surface area contributed by atoms with Crippen LogP contribution >= 0.6 is 0 Å². The van der Waals surface area contributed by atoms with Gasteiger partial charge in [-0.3, -0.25) is 14.5 Å². The van der Waals surface area contributed by atoms with Crippen LogP contribution in [-0.4, -0.2) is 62.7 Å². The van der Waals surface area contributed by atoms with Gasteiger partial charge in [0.2, 0.25) is 5.91 Å². The molecule has 1 amide bonds. The maximum Gasteiger partial charge on any atom is 0.302 e. The summed E-state index contributed by atoms with van der Waals surface area (Å²) < 4.78 is 4.88. The summed E-state index contributed by atoms with van der Waals surface area (Å²) in [5.74, 6) is -0.306. The van der Waals surface area contributed by atoms with Crippen molar-refractivity contribution in [3.8, 4) is 0 Å². The Labute approximate surface area is 109 Å². The summed E-state index contributed by atoms with van der Waals surface area (Å²) in [6, 6.07) is 0.136. The van der Waals surface area contributed by atoms with Crippen LogP contribution in [0.4, 0.5) is 0 Å². The molecule has 0 aliphatic heterocycles. The van der Waals surface area contributed by atoms with E-state index in [0.717, 1.165) is 13.1 Å². The third-order valence-electron chi connectivity index (χ3n) is 2.21. The Morgan fingerprint density at radius 1 is 1.28 bits per heavy atom. The van der Waals surface area contributed by atoms with E-state index in [1.807, 2.05) is 25.8 Å². The Morgan fingerprint density at radius 2 is 1.94 bits per heavy atom. The molecule has 0 radical (unpaired) electrons. The molecular formula is C12H25N3O3. The van der Waals surface area contributed by atoms with E-state index in [-0.39, 0.29) is 17.9 Å². The molecule has 0 aromatic rings. The minimum atomic E-state index is -0.296. The average Bonchev–Trinajstić information content (AvgIpc) is 2.23. The van der Waals surface area contributed by atoms with Crippen LogP contribution < -0.4 is 10.6 Å². The molecule has 0 unspecified atom stereocenters. The van der Waals surface area contributed by atoms with Gasteiger partial charge >= 0.3 is 5.97 Å². The predicted molar refractivity (Wildman–Crippen MR) is 70.3 cm³/mol. The van der Waals surface area contributed by atoms with Crippen molar-refractivity contribution in [3.63, 3.8) is 0 Å². The molecule has 0 heterocycles. The molecule has 0 aromatic heterocycles. The van der Waals surface area contributed by atoms with E-state index < -0.39 is 0 Å². The molecule has 0 bridgehead atoms. The van der Waals surface area contributed by atoms with Crippen molar-refractivity contribution >= 4 is 11.9 Å². The van der Waals surface area contributed by atoms with Gasteiger partial charge in [-0.05, 0) is 20.9 Å². The lowest BCUT2D eigenvalue weighted by atomic mass is 10.3. The van der Waals surface area contributed by atoms with Gasteiger partial charge in [-0.2, -0.15) is 0 Å². The number of carbonyl (C=O) groups is 2. The van der Waals surface area contributed by atoms with E-state index in [0.29, 0.717) is 19.7 Å². The zero-order valence-corrected chi connectivity index (χ0v) is 11.8. The molecule has 0 aliphatic rings. The smallest absolute Gasteiger partial charge is 0.302 e. The van der Waals surface area contributed by atoms with Gasteiger partial charge in [0.1, 0.15) is 6.61 Å². The molecule has 0 rings (SSSR count). The van der Waals surface area contributed by atoms with E-state index >= 15 is 0 Å². The van der Waals surface area contributed by atoms with E-state index in [2.05, 4.69) is 10.6 Å². The van der Waals surface area contributed by atoms with Crippen LogP contribution in [0.3, 0.4) is 0 Å². The van der Waals surface area contributed by atoms with Crippen LogP contribution in [0.15, 0.2) is 0 Å². The van der Waals surface area contributed by atoms with Crippen molar-refractivity contribution < 1.29 is 14.3 Å². The Bertz CT molecular complexity index is 257. The maximum atomic E-state index is 11.6. The van der Waals surface area contributed by atoms with Crippen LogP contribution in [-0.2, 0) is 14.3 Å². The number of nitrogens with zero attached hydrogens (tertiary/aromatic N) is 1. The van der Waals surface area contributed by atoms with Crippen molar-refractivity contribution in [3.05, 3.63) is 0 Å². The van der Waals surface area contributed by atoms with E-state index in [1.165, 1.54) is 6.92 Å². The van der Waals surface area contributed by atoms with Crippen LogP contribution in [0.25, 0.3) is 0 Å². The van der Waals surface area contributed by atoms with Gasteiger partial charge in [0.05, 0.1) is 6.54 Å². The lowest BCUT2D eigenvalue weighted by Gasteiger charge is -2.22. The highest BCUT2D eigenvalue weighted by atomic mass is 16.5. The summed E-state index contributed by atoms with van der Waals surface area (Å²) in [5.41, 5.74) is 0. The van der Waals surface area contributed by atoms with E-state index in [1.54, 1.807) is 0 Å². The van der Waals surface area contributed by atoms with Crippen molar-refractivity contribution in [1.82, 2.24) is 15.5 Å². The first-order valence-electron chi connectivity index (χ1n) is 6.25. The van der Waals surface area contributed by atoms with Crippen molar-refractivity contribution in [2.24, 2.45) is 0 Å². The number of esters is 1. The molecule has 0 aromatic carbocycles. The van der Waals surface area contributed by atoms with Gasteiger partial charge in [-0.1, -0.05) is 0 Å². The van der Waals surface area contributed by atoms with E-state index in [4.69, 9.17) is 4.74 Å². The molecule has 0 spiro atoms. The Balaban J connectivity index is 4.04. The molecule has 0 saturated carbocycles. The van der Waals surface area contributed by atoms with Crippen LogP contribution in [0.5, 0.6) is 0 Å². The molecule has 0 fully saturated rings. The number of ether oxygens (including phenoxy) is 1. The number of amides is 1. The molecule has 18 heavy (non-hydrogen) atoms. The number of likely N-dealkylation sites (N-methyl/N-ethyl adjacent to an activating group) is 1. The first-order chi connectivity index (χ1) is 8.45. The third kappa shape index (κ3) is 10.0.